The van der Waals surface area contributed by atoms with Crippen LogP contribution in [0.25, 0.3) is 0 Å². The van der Waals surface area contributed by atoms with Gasteiger partial charge in [0, 0.05) is 13.3 Å². The van der Waals surface area contributed by atoms with Gasteiger partial charge in [-0.25, -0.2) is 9.78 Å². The number of aromatic nitrogens is 1. The van der Waals surface area contributed by atoms with Crippen LogP contribution in [-0.4, -0.2) is 24.3 Å². The van der Waals surface area contributed by atoms with E-state index in [0.29, 0.717) is 22.6 Å². The highest BCUT2D eigenvalue weighted by molar-refractivity contribution is 6.32. The number of rotatable bonds is 4. The lowest BCUT2D eigenvalue weighted by molar-refractivity contribution is 0.203. The molecule has 2 rings (SSSR count). The lowest BCUT2D eigenvalue weighted by Gasteiger charge is -2.03. The molecule has 22 heavy (non-hydrogen) atoms. The van der Waals surface area contributed by atoms with Gasteiger partial charge < -0.3 is 10.1 Å². The molecule has 0 unspecified atom stereocenters. The number of benzene rings is 1. The van der Waals surface area contributed by atoms with Crippen molar-refractivity contribution in [2.75, 3.05) is 7.05 Å². The Kier molecular flexibility index (Phi) is 5.75. The molecule has 1 aromatic carbocycles. The molecule has 0 bridgehead atoms. The molecule has 0 saturated heterocycles. The van der Waals surface area contributed by atoms with Crippen LogP contribution in [0.2, 0.25) is 10.3 Å². The van der Waals surface area contributed by atoms with Gasteiger partial charge in [0.15, 0.2) is 0 Å². The SMILES string of the molecule is CNC(=O)Oc1ccc(C=NCc2cc(Cl)nc(Cl)c2)cc1. The summed E-state index contributed by atoms with van der Waals surface area (Å²) in [5.74, 6) is 0.462. The van der Waals surface area contributed by atoms with E-state index in [2.05, 4.69) is 15.3 Å². The van der Waals surface area contributed by atoms with Crippen LogP contribution in [0.5, 0.6) is 5.75 Å². The minimum Gasteiger partial charge on any atom is -0.410 e. The van der Waals surface area contributed by atoms with Crippen molar-refractivity contribution in [1.82, 2.24) is 10.3 Å². The highest BCUT2D eigenvalue weighted by Crippen LogP contribution is 2.15. The van der Waals surface area contributed by atoms with Crippen LogP contribution >= 0.6 is 23.2 Å². The smallest absolute Gasteiger partial charge is 0.410 e. The number of halogens is 2. The monoisotopic (exact) mass is 337 g/mol. The average molecular weight is 338 g/mol. The number of nitrogens with zero attached hydrogens (tertiary/aromatic N) is 2. The number of hydrogen-bond acceptors (Lipinski definition) is 4. The standard InChI is InChI=1S/C15H13Cl2N3O2/c1-18-15(21)22-12-4-2-10(3-5-12)8-19-9-11-6-13(16)20-14(17)7-11/h2-8H,9H2,1H3,(H,18,21). The summed E-state index contributed by atoms with van der Waals surface area (Å²) < 4.78 is 4.99. The number of carbonyl (C=O) groups excluding carboxylic acids is 1. The van der Waals surface area contributed by atoms with E-state index in [1.807, 2.05) is 0 Å². The Morgan fingerprint density at radius 2 is 1.91 bits per heavy atom. The van der Waals surface area contributed by atoms with Crippen LogP contribution in [-0.2, 0) is 6.54 Å². The van der Waals surface area contributed by atoms with Crippen LogP contribution in [0, 0.1) is 0 Å². The van der Waals surface area contributed by atoms with Crippen LogP contribution in [0.1, 0.15) is 11.1 Å². The number of hydrogen-bond donors (Lipinski definition) is 1. The van der Waals surface area contributed by atoms with E-state index in [4.69, 9.17) is 27.9 Å². The number of pyridine rings is 1. The van der Waals surface area contributed by atoms with Crippen LogP contribution in [0.4, 0.5) is 4.79 Å². The summed E-state index contributed by atoms with van der Waals surface area (Å²) in [6.45, 7) is 0.443. The first-order valence-electron chi connectivity index (χ1n) is 6.38. The third kappa shape index (κ3) is 5.02. The summed E-state index contributed by atoms with van der Waals surface area (Å²) in [4.78, 5) is 19.2. The molecule has 0 atom stereocenters. The molecule has 0 radical (unpaired) electrons. The van der Waals surface area contributed by atoms with E-state index in [1.54, 1.807) is 42.6 Å². The fourth-order valence-corrected chi connectivity index (χ4v) is 2.15. The van der Waals surface area contributed by atoms with Gasteiger partial charge in [-0.2, -0.15) is 0 Å². The van der Waals surface area contributed by atoms with Gasteiger partial charge in [-0.3, -0.25) is 4.99 Å². The van der Waals surface area contributed by atoms with E-state index in [9.17, 15) is 4.79 Å². The van der Waals surface area contributed by atoms with Crippen molar-refractivity contribution < 1.29 is 9.53 Å². The van der Waals surface area contributed by atoms with Gasteiger partial charge in [0.2, 0.25) is 0 Å². The largest absolute Gasteiger partial charge is 0.412 e. The zero-order chi connectivity index (χ0) is 15.9. The molecule has 0 fully saturated rings. The Labute approximate surface area is 137 Å². The van der Waals surface area contributed by atoms with Crippen molar-refractivity contribution >= 4 is 35.5 Å². The summed E-state index contributed by atoms with van der Waals surface area (Å²) in [6, 6.07) is 10.4. The highest BCUT2D eigenvalue weighted by Gasteiger charge is 2.01. The predicted molar refractivity (Wildman–Crippen MR) is 87.1 cm³/mol. The first-order valence-corrected chi connectivity index (χ1v) is 7.14. The molecule has 0 saturated carbocycles. The molecule has 0 aliphatic carbocycles. The van der Waals surface area contributed by atoms with Gasteiger partial charge in [-0.1, -0.05) is 23.2 Å². The summed E-state index contributed by atoms with van der Waals surface area (Å²) in [5.41, 5.74) is 1.76. The Hall–Kier alpha value is -2.11. The van der Waals surface area contributed by atoms with Crippen LogP contribution in [0.3, 0.4) is 0 Å². The predicted octanol–water partition coefficient (Wildman–Crippen LogP) is 3.73. The van der Waals surface area contributed by atoms with Crippen molar-refractivity contribution in [2.45, 2.75) is 6.54 Å². The number of carbonyl (C=O) groups is 1. The molecule has 1 heterocycles. The zero-order valence-electron chi connectivity index (χ0n) is 11.7. The van der Waals surface area contributed by atoms with Crippen molar-refractivity contribution in [3.05, 3.63) is 57.8 Å². The molecule has 0 spiro atoms. The second-order valence-corrected chi connectivity index (χ2v) is 5.07. The zero-order valence-corrected chi connectivity index (χ0v) is 13.2. The Bertz CT molecular complexity index is 667. The first-order chi connectivity index (χ1) is 10.6. The Morgan fingerprint density at radius 1 is 1.27 bits per heavy atom. The van der Waals surface area contributed by atoms with Gasteiger partial charge >= 0.3 is 6.09 Å². The molecule has 1 amide bonds. The molecule has 1 N–H and O–H groups in total. The topological polar surface area (TPSA) is 63.6 Å². The second kappa shape index (κ2) is 7.77. The van der Waals surface area contributed by atoms with Crippen molar-refractivity contribution in [2.24, 2.45) is 4.99 Å². The van der Waals surface area contributed by atoms with E-state index in [-0.39, 0.29) is 0 Å². The number of nitrogens with one attached hydrogen (secondary N) is 1. The normalized spacial score (nSPS) is 10.7. The molecule has 0 aliphatic rings. The van der Waals surface area contributed by atoms with Gasteiger partial charge in [-0.05, 0) is 47.5 Å². The quantitative estimate of drug-likeness (QED) is 0.682. The lowest BCUT2D eigenvalue weighted by Crippen LogP contribution is -2.21. The molecular weight excluding hydrogens is 325 g/mol. The fourth-order valence-electron chi connectivity index (χ4n) is 1.64. The van der Waals surface area contributed by atoms with E-state index < -0.39 is 6.09 Å². The Morgan fingerprint density at radius 3 is 2.50 bits per heavy atom. The van der Waals surface area contributed by atoms with Gasteiger partial charge in [0.1, 0.15) is 16.1 Å². The molecule has 0 aliphatic heterocycles. The minimum absolute atomic E-state index is 0.341. The maximum absolute atomic E-state index is 11.1. The van der Waals surface area contributed by atoms with E-state index in [1.165, 1.54) is 7.05 Å². The third-order valence-corrected chi connectivity index (χ3v) is 3.02. The third-order valence-electron chi connectivity index (χ3n) is 2.63. The molecule has 114 valence electrons. The van der Waals surface area contributed by atoms with Gasteiger partial charge in [0.25, 0.3) is 0 Å². The van der Waals surface area contributed by atoms with Gasteiger partial charge in [-0.15, -0.1) is 0 Å². The molecular formula is C15H13Cl2N3O2. The lowest BCUT2D eigenvalue weighted by atomic mass is 10.2. The number of ether oxygens (including phenoxy) is 1. The van der Waals surface area contributed by atoms with E-state index >= 15 is 0 Å². The highest BCUT2D eigenvalue weighted by atomic mass is 35.5. The first kappa shape index (κ1) is 16.3. The molecule has 2 aromatic rings. The summed E-state index contributed by atoms with van der Waals surface area (Å²) in [7, 11) is 1.50. The second-order valence-electron chi connectivity index (χ2n) is 4.30. The molecule has 7 heteroatoms. The van der Waals surface area contributed by atoms with Crippen LogP contribution < -0.4 is 10.1 Å². The summed E-state index contributed by atoms with van der Waals surface area (Å²) in [5, 5.41) is 3.06. The van der Waals surface area contributed by atoms with Crippen molar-refractivity contribution in [3.63, 3.8) is 0 Å². The maximum Gasteiger partial charge on any atom is 0.412 e. The minimum atomic E-state index is -0.507. The van der Waals surface area contributed by atoms with Crippen molar-refractivity contribution in [1.29, 1.82) is 0 Å². The molecule has 5 nitrogen and oxygen atoms in total. The average Bonchev–Trinajstić information content (AvgIpc) is 2.48. The fraction of sp³-hybridized carbons (Fsp3) is 0.133. The number of amides is 1. The molecule has 1 aromatic heterocycles. The number of aliphatic imine (C=N–C) groups is 1. The van der Waals surface area contributed by atoms with E-state index in [0.717, 1.165) is 11.1 Å². The van der Waals surface area contributed by atoms with Gasteiger partial charge in [0.05, 0.1) is 6.54 Å². The summed E-state index contributed by atoms with van der Waals surface area (Å²) >= 11 is 11.6. The maximum atomic E-state index is 11.1. The van der Waals surface area contributed by atoms with Crippen molar-refractivity contribution in [3.8, 4) is 5.75 Å². The Balaban J connectivity index is 1.96. The van der Waals surface area contributed by atoms with Crippen LogP contribution in [0.15, 0.2) is 41.4 Å². The summed E-state index contributed by atoms with van der Waals surface area (Å²) in [6.07, 6.45) is 1.21.